The molecule has 1 aliphatic heterocycles. The summed E-state index contributed by atoms with van der Waals surface area (Å²) < 4.78 is 0. The molecule has 1 fully saturated rings. The molecule has 1 aliphatic rings. The summed E-state index contributed by atoms with van der Waals surface area (Å²) in [6, 6.07) is 0. The van der Waals surface area contributed by atoms with Crippen molar-refractivity contribution in [2.75, 3.05) is 11.9 Å². The van der Waals surface area contributed by atoms with E-state index in [2.05, 4.69) is 19.6 Å². The highest BCUT2D eigenvalue weighted by molar-refractivity contribution is 8.02. The van der Waals surface area contributed by atoms with Gasteiger partial charge in [-0.2, -0.15) is 0 Å². The van der Waals surface area contributed by atoms with E-state index in [4.69, 9.17) is 5.11 Å². The first-order chi connectivity index (χ1) is 7.69. The molecule has 1 heterocycles. The van der Waals surface area contributed by atoms with Gasteiger partial charge in [-0.15, -0.1) is 11.8 Å². The van der Waals surface area contributed by atoms with Gasteiger partial charge >= 0.3 is 12.1 Å². The molecular formula is C10H19NO4SSi. The topological polar surface area (TPSA) is 77.8 Å². The molecule has 0 aromatic carbocycles. The first-order valence-electron chi connectivity index (χ1n) is 5.57. The van der Waals surface area contributed by atoms with Crippen molar-refractivity contribution >= 4 is 31.9 Å². The zero-order valence-electron chi connectivity index (χ0n) is 10.4. The lowest BCUT2D eigenvalue weighted by molar-refractivity contribution is -0.143. The Balaban J connectivity index is 2.89. The summed E-state index contributed by atoms with van der Waals surface area (Å²) in [5.74, 6) is -1.03. The summed E-state index contributed by atoms with van der Waals surface area (Å²) in [7, 11) is -1.40. The number of rotatable bonds is 4. The third-order valence-corrected chi connectivity index (χ3v) is 7.76. The van der Waals surface area contributed by atoms with Crippen LogP contribution in [0, 0.1) is 0 Å². The number of hydrogen-bond acceptors (Lipinski definition) is 3. The molecule has 0 spiro atoms. The standard InChI is InChI=1S/C10H19NO4SSi/c1-17(2,3)7-16-10(8(12)13)5-4-6-11(10)9(14)15/h4-7H2,1-3H3,(H,12,13)(H,14,15). The molecule has 1 atom stereocenters. The van der Waals surface area contributed by atoms with Crippen LogP contribution in [0.5, 0.6) is 0 Å². The normalized spacial score (nSPS) is 25.0. The Morgan fingerprint density at radius 2 is 1.94 bits per heavy atom. The van der Waals surface area contributed by atoms with Gasteiger partial charge in [-0.3, -0.25) is 4.90 Å². The number of nitrogens with zero attached hydrogens (tertiary/aromatic N) is 1. The fourth-order valence-electron chi connectivity index (χ4n) is 1.81. The summed E-state index contributed by atoms with van der Waals surface area (Å²) in [6.07, 6.45) is -0.103. The van der Waals surface area contributed by atoms with Crippen LogP contribution in [0.2, 0.25) is 19.6 Å². The van der Waals surface area contributed by atoms with Gasteiger partial charge in [0.25, 0.3) is 0 Å². The minimum atomic E-state index is -1.40. The molecule has 1 unspecified atom stereocenters. The average molecular weight is 277 g/mol. The van der Waals surface area contributed by atoms with Crippen LogP contribution in [0.25, 0.3) is 0 Å². The predicted octanol–water partition coefficient (Wildman–Crippen LogP) is 2.15. The van der Waals surface area contributed by atoms with Crippen LogP contribution in [0.4, 0.5) is 4.79 Å². The fraction of sp³-hybridized carbons (Fsp3) is 0.800. The van der Waals surface area contributed by atoms with Crippen LogP contribution in [-0.2, 0) is 4.79 Å². The number of hydrogen-bond donors (Lipinski definition) is 2. The molecule has 1 rings (SSSR count). The number of carboxylic acid groups (broad SMARTS) is 2. The second-order valence-electron chi connectivity index (χ2n) is 5.48. The predicted molar refractivity (Wildman–Crippen MR) is 70.1 cm³/mol. The Bertz CT molecular complexity index is 331. The summed E-state index contributed by atoms with van der Waals surface area (Å²) >= 11 is 1.29. The molecule has 2 N–H and O–H groups in total. The molecule has 1 saturated heterocycles. The SMILES string of the molecule is C[Si](C)(C)CSC1(C(=O)O)CCCN1C(=O)O. The van der Waals surface area contributed by atoms with E-state index < -0.39 is 25.0 Å². The summed E-state index contributed by atoms with van der Waals surface area (Å²) in [5.41, 5.74) is 0. The minimum Gasteiger partial charge on any atom is -0.479 e. The summed E-state index contributed by atoms with van der Waals surface area (Å²) in [5, 5.41) is 19.2. The lowest BCUT2D eigenvalue weighted by Gasteiger charge is -2.33. The Morgan fingerprint density at radius 1 is 1.35 bits per heavy atom. The first kappa shape index (κ1) is 14.4. The van der Waals surface area contributed by atoms with Gasteiger partial charge in [0.05, 0.1) is 8.07 Å². The third-order valence-electron chi connectivity index (χ3n) is 2.64. The maximum atomic E-state index is 11.4. The molecular weight excluding hydrogens is 258 g/mol. The maximum absolute atomic E-state index is 11.4. The molecule has 0 radical (unpaired) electrons. The van der Waals surface area contributed by atoms with E-state index in [1.807, 2.05) is 0 Å². The third kappa shape index (κ3) is 3.16. The Kier molecular flexibility index (Phi) is 4.13. The zero-order valence-corrected chi connectivity index (χ0v) is 12.2. The van der Waals surface area contributed by atoms with Crippen LogP contribution in [0.3, 0.4) is 0 Å². The van der Waals surface area contributed by atoms with E-state index in [9.17, 15) is 14.7 Å². The quantitative estimate of drug-likeness (QED) is 0.770. The van der Waals surface area contributed by atoms with Gasteiger partial charge in [0, 0.05) is 6.54 Å². The zero-order chi connectivity index (χ0) is 13.3. The van der Waals surface area contributed by atoms with Crippen molar-refractivity contribution < 1.29 is 19.8 Å². The van der Waals surface area contributed by atoms with E-state index in [0.29, 0.717) is 19.4 Å². The van der Waals surface area contributed by atoms with Crippen molar-refractivity contribution in [1.82, 2.24) is 4.90 Å². The van der Waals surface area contributed by atoms with Crippen LogP contribution in [-0.4, -0.2) is 52.0 Å². The molecule has 98 valence electrons. The molecule has 1 amide bonds. The molecule has 0 saturated carbocycles. The van der Waals surface area contributed by atoms with Crippen molar-refractivity contribution in [3.63, 3.8) is 0 Å². The van der Waals surface area contributed by atoms with E-state index in [0.717, 1.165) is 10.3 Å². The molecule has 17 heavy (non-hydrogen) atoms. The highest BCUT2D eigenvalue weighted by atomic mass is 32.2. The van der Waals surface area contributed by atoms with Gasteiger partial charge in [-0.1, -0.05) is 19.6 Å². The monoisotopic (exact) mass is 277 g/mol. The maximum Gasteiger partial charge on any atom is 0.408 e. The van der Waals surface area contributed by atoms with Crippen LogP contribution < -0.4 is 0 Å². The fourth-order valence-corrected chi connectivity index (χ4v) is 5.24. The lowest BCUT2D eigenvalue weighted by Crippen LogP contribution is -2.51. The van der Waals surface area contributed by atoms with E-state index >= 15 is 0 Å². The van der Waals surface area contributed by atoms with E-state index in [1.165, 1.54) is 11.8 Å². The Hall–Kier alpha value is -0.693. The molecule has 5 nitrogen and oxygen atoms in total. The largest absolute Gasteiger partial charge is 0.479 e. The van der Waals surface area contributed by atoms with Crippen molar-refractivity contribution in [2.45, 2.75) is 37.4 Å². The Labute approximate surface area is 106 Å². The molecule has 0 bridgehead atoms. The number of thioether (sulfide) groups is 1. The molecule has 0 aliphatic carbocycles. The second kappa shape index (κ2) is 4.89. The minimum absolute atomic E-state index is 0.320. The number of carboxylic acids is 1. The van der Waals surface area contributed by atoms with Crippen molar-refractivity contribution in [3.05, 3.63) is 0 Å². The van der Waals surface area contributed by atoms with Gasteiger partial charge < -0.3 is 10.2 Å². The van der Waals surface area contributed by atoms with Gasteiger partial charge in [0.2, 0.25) is 0 Å². The second-order valence-corrected chi connectivity index (χ2v) is 12.7. The van der Waals surface area contributed by atoms with Crippen LogP contribution in [0.15, 0.2) is 0 Å². The van der Waals surface area contributed by atoms with Gasteiger partial charge in [-0.05, 0) is 18.2 Å². The molecule has 7 heteroatoms. The summed E-state index contributed by atoms with van der Waals surface area (Å²) in [6.45, 7) is 6.77. The smallest absolute Gasteiger partial charge is 0.408 e. The van der Waals surface area contributed by atoms with E-state index in [1.54, 1.807) is 0 Å². The van der Waals surface area contributed by atoms with Crippen molar-refractivity contribution in [3.8, 4) is 0 Å². The van der Waals surface area contributed by atoms with Gasteiger partial charge in [0.15, 0.2) is 4.87 Å². The number of aliphatic carboxylic acids is 1. The first-order valence-corrected chi connectivity index (χ1v) is 10.3. The van der Waals surface area contributed by atoms with Crippen molar-refractivity contribution in [2.24, 2.45) is 0 Å². The van der Waals surface area contributed by atoms with Crippen LogP contribution >= 0.6 is 11.8 Å². The molecule has 0 aromatic heterocycles. The lowest BCUT2D eigenvalue weighted by atomic mass is 10.2. The number of carbonyl (C=O) groups is 2. The highest BCUT2D eigenvalue weighted by Gasteiger charge is 2.51. The molecule has 0 aromatic rings. The number of likely N-dealkylation sites (tertiary alicyclic amines) is 1. The van der Waals surface area contributed by atoms with Crippen LogP contribution in [0.1, 0.15) is 12.8 Å². The van der Waals surface area contributed by atoms with E-state index in [-0.39, 0.29) is 0 Å². The Morgan fingerprint density at radius 3 is 2.35 bits per heavy atom. The highest BCUT2D eigenvalue weighted by Crippen LogP contribution is 2.40. The number of amides is 1. The van der Waals surface area contributed by atoms with Crippen molar-refractivity contribution in [1.29, 1.82) is 0 Å². The average Bonchev–Trinajstić information content (AvgIpc) is 2.58. The summed E-state index contributed by atoms with van der Waals surface area (Å²) in [4.78, 5) is 22.4. The van der Waals surface area contributed by atoms with Gasteiger partial charge in [-0.25, -0.2) is 9.59 Å². The van der Waals surface area contributed by atoms with Gasteiger partial charge in [0.1, 0.15) is 0 Å².